The number of para-hydroxylation sites is 1. The summed E-state index contributed by atoms with van der Waals surface area (Å²) < 4.78 is 15.9. The summed E-state index contributed by atoms with van der Waals surface area (Å²) in [6.45, 7) is 0. The van der Waals surface area contributed by atoms with E-state index in [2.05, 4.69) is 10.6 Å². The Balaban J connectivity index is 1.50. The van der Waals surface area contributed by atoms with Crippen LogP contribution < -0.4 is 15.4 Å². The zero-order valence-electron chi connectivity index (χ0n) is 17.2. The van der Waals surface area contributed by atoms with Crippen LogP contribution in [0, 0.1) is 10.1 Å². The molecule has 2 aromatic heterocycles. The third-order valence-electron chi connectivity index (χ3n) is 4.65. The maximum Gasteiger partial charge on any atom is 0.291 e. The van der Waals surface area contributed by atoms with Gasteiger partial charge in [-0.1, -0.05) is 12.1 Å². The van der Waals surface area contributed by atoms with E-state index in [9.17, 15) is 19.7 Å². The Hall–Kier alpha value is -4.86. The van der Waals surface area contributed by atoms with Crippen LogP contribution in [0.3, 0.4) is 0 Å². The summed E-state index contributed by atoms with van der Waals surface area (Å²) >= 11 is 0. The molecule has 33 heavy (non-hydrogen) atoms. The van der Waals surface area contributed by atoms with E-state index >= 15 is 0 Å². The van der Waals surface area contributed by atoms with Crippen LogP contribution in [0.4, 0.5) is 17.1 Å². The Labute approximate surface area is 186 Å². The standard InChI is InChI=1S/C23H17N3O7/c1-31-21-13-14(8-9-16(21)25-22(27)19-7-4-12-32-19)24-23(28)20-11-10-18(33-20)15-5-2-3-6-17(15)26(29)30/h2-13H,1H3,(H,24,28)(H,25,27). The van der Waals surface area contributed by atoms with Crippen molar-refractivity contribution in [2.75, 3.05) is 17.7 Å². The van der Waals surface area contributed by atoms with Gasteiger partial charge in [0.05, 0.1) is 29.5 Å². The Morgan fingerprint density at radius 3 is 2.45 bits per heavy atom. The average Bonchev–Trinajstić information content (AvgIpc) is 3.52. The molecule has 0 spiro atoms. The number of furan rings is 2. The number of nitro benzene ring substituents is 1. The maximum absolute atomic E-state index is 12.6. The molecule has 0 aliphatic rings. The quantitative estimate of drug-likeness (QED) is 0.302. The number of nitrogens with zero attached hydrogens (tertiary/aromatic N) is 1. The molecule has 4 rings (SSSR count). The van der Waals surface area contributed by atoms with Crippen molar-refractivity contribution in [3.63, 3.8) is 0 Å². The number of carbonyl (C=O) groups is 2. The zero-order valence-corrected chi connectivity index (χ0v) is 17.2. The molecule has 0 aliphatic carbocycles. The van der Waals surface area contributed by atoms with Gasteiger partial charge in [0.2, 0.25) is 0 Å². The Bertz CT molecular complexity index is 1330. The SMILES string of the molecule is COc1cc(NC(=O)c2ccc(-c3ccccc3[N+](=O)[O-])o2)ccc1NC(=O)c1ccco1. The predicted octanol–water partition coefficient (Wildman–Crippen LogP) is 4.96. The van der Waals surface area contributed by atoms with E-state index in [0.717, 1.165) is 0 Å². The van der Waals surface area contributed by atoms with Crippen LogP contribution in [-0.2, 0) is 0 Å². The molecule has 2 N–H and O–H groups in total. The molecule has 0 aliphatic heterocycles. The van der Waals surface area contributed by atoms with Gasteiger partial charge in [-0.2, -0.15) is 0 Å². The summed E-state index contributed by atoms with van der Waals surface area (Å²) in [4.78, 5) is 35.5. The molecule has 10 nitrogen and oxygen atoms in total. The van der Waals surface area contributed by atoms with E-state index in [1.165, 1.54) is 43.7 Å². The van der Waals surface area contributed by atoms with Crippen molar-refractivity contribution in [3.05, 3.63) is 94.6 Å². The topological polar surface area (TPSA) is 137 Å². The van der Waals surface area contributed by atoms with Gasteiger partial charge in [0, 0.05) is 17.8 Å². The minimum atomic E-state index is -0.561. The summed E-state index contributed by atoms with van der Waals surface area (Å²) in [5, 5.41) is 16.6. The summed E-state index contributed by atoms with van der Waals surface area (Å²) in [5.74, 6) is -0.393. The molecule has 2 aromatic carbocycles. The molecule has 0 atom stereocenters. The van der Waals surface area contributed by atoms with Gasteiger partial charge in [0.15, 0.2) is 11.5 Å². The number of rotatable bonds is 7. The first kappa shape index (κ1) is 21.4. The van der Waals surface area contributed by atoms with E-state index in [4.69, 9.17) is 13.6 Å². The lowest BCUT2D eigenvalue weighted by atomic mass is 10.1. The first-order valence-corrected chi connectivity index (χ1v) is 9.64. The van der Waals surface area contributed by atoms with Crippen molar-refractivity contribution >= 4 is 28.9 Å². The van der Waals surface area contributed by atoms with Gasteiger partial charge in [-0.15, -0.1) is 0 Å². The van der Waals surface area contributed by atoms with Gasteiger partial charge in [-0.05, 0) is 42.5 Å². The summed E-state index contributed by atoms with van der Waals surface area (Å²) in [5.41, 5.74) is 0.903. The van der Waals surface area contributed by atoms with E-state index in [0.29, 0.717) is 17.1 Å². The molecule has 0 saturated heterocycles. The molecule has 0 unspecified atom stereocenters. The Morgan fingerprint density at radius 2 is 1.73 bits per heavy atom. The number of amides is 2. The average molecular weight is 447 g/mol. The predicted molar refractivity (Wildman–Crippen MR) is 118 cm³/mol. The summed E-state index contributed by atoms with van der Waals surface area (Å²) in [7, 11) is 1.43. The smallest absolute Gasteiger partial charge is 0.291 e. The van der Waals surface area contributed by atoms with Crippen LogP contribution in [0.25, 0.3) is 11.3 Å². The zero-order chi connectivity index (χ0) is 23.4. The van der Waals surface area contributed by atoms with Crippen molar-refractivity contribution in [3.8, 4) is 17.1 Å². The number of methoxy groups -OCH3 is 1. The van der Waals surface area contributed by atoms with E-state index in [1.807, 2.05) is 0 Å². The molecule has 0 radical (unpaired) electrons. The molecule has 2 heterocycles. The molecule has 166 valence electrons. The fourth-order valence-corrected chi connectivity index (χ4v) is 3.10. The van der Waals surface area contributed by atoms with Crippen LogP contribution in [0.15, 0.2) is 81.8 Å². The summed E-state index contributed by atoms with van der Waals surface area (Å²) in [6.07, 6.45) is 1.39. The fraction of sp³-hybridized carbons (Fsp3) is 0.0435. The number of hydrogen-bond donors (Lipinski definition) is 2. The van der Waals surface area contributed by atoms with Crippen LogP contribution in [0.1, 0.15) is 21.1 Å². The van der Waals surface area contributed by atoms with Gasteiger partial charge in [0.25, 0.3) is 17.5 Å². The first-order valence-electron chi connectivity index (χ1n) is 9.64. The number of ether oxygens (including phenoxy) is 1. The first-order chi connectivity index (χ1) is 16.0. The lowest BCUT2D eigenvalue weighted by Gasteiger charge is -2.11. The van der Waals surface area contributed by atoms with Crippen LogP contribution in [0.2, 0.25) is 0 Å². The number of nitro groups is 1. The number of carbonyl (C=O) groups excluding carboxylic acids is 2. The highest BCUT2D eigenvalue weighted by molar-refractivity contribution is 6.05. The number of hydrogen-bond acceptors (Lipinski definition) is 7. The van der Waals surface area contributed by atoms with E-state index in [-0.39, 0.29) is 28.5 Å². The van der Waals surface area contributed by atoms with Crippen LogP contribution in [0.5, 0.6) is 5.75 Å². The van der Waals surface area contributed by atoms with Crippen molar-refractivity contribution in [2.45, 2.75) is 0 Å². The maximum atomic E-state index is 12.6. The third kappa shape index (κ3) is 4.59. The van der Waals surface area contributed by atoms with Gasteiger partial charge in [-0.3, -0.25) is 19.7 Å². The molecule has 2 amide bonds. The molecule has 10 heteroatoms. The second-order valence-electron chi connectivity index (χ2n) is 6.74. The van der Waals surface area contributed by atoms with E-state index in [1.54, 1.807) is 36.4 Å². The number of benzene rings is 2. The number of nitrogens with one attached hydrogen (secondary N) is 2. The summed E-state index contributed by atoms with van der Waals surface area (Å²) in [6, 6.07) is 16.8. The molecular weight excluding hydrogens is 430 g/mol. The molecular formula is C23H17N3O7. The highest BCUT2D eigenvalue weighted by Crippen LogP contribution is 2.32. The Kier molecular flexibility index (Phi) is 5.90. The molecule has 0 fully saturated rings. The van der Waals surface area contributed by atoms with Gasteiger partial charge in [0.1, 0.15) is 11.5 Å². The van der Waals surface area contributed by atoms with Crippen LogP contribution >= 0.6 is 0 Å². The molecule has 0 bridgehead atoms. The van der Waals surface area contributed by atoms with Gasteiger partial charge >= 0.3 is 0 Å². The second-order valence-corrected chi connectivity index (χ2v) is 6.74. The van der Waals surface area contributed by atoms with Crippen molar-refractivity contribution < 1.29 is 28.1 Å². The third-order valence-corrected chi connectivity index (χ3v) is 4.65. The minimum absolute atomic E-state index is 0.0303. The lowest BCUT2D eigenvalue weighted by molar-refractivity contribution is -0.384. The lowest BCUT2D eigenvalue weighted by Crippen LogP contribution is -2.13. The highest BCUT2D eigenvalue weighted by Gasteiger charge is 2.20. The van der Waals surface area contributed by atoms with Gasteiger partial charge < -0.3 is 24.2 Å². The Morgan fingerprint density at radius 1 is 0.939 bits per heavy atom. The second kappa shape index (κ2) is 9.10. The minimum Gasteiger partial charge on any atom is -0.494 e. The van der Waals surface area contributed by atoms with E-state index < -0.39 is 16.7 Å². The normalized spacial score (nSPS) is 10.5. The fourth-order valence-electron chi connectivity index (χ4n) is 3.10. The highest BCUT2D eigenvalue weighted by atomic mass is 16.6. The molecule has 4 aromatic rings. The molecule has 0 saturated carbocycles. The van der Waals surface area contributed by atoms with Gasteiger partial charge in [-0.25, -0.2) is 0 Å². The monoisotopic (exact) mass is 447 g/mol. The van der Waals surface area contributed by atoms with Crippen molar-refractivity contribution in [1.82, 2.24) is 0 Å². The van der Waals surface area contributed by atoms with Crippen LogP contribution in [-0.4, -0.2) is 23.8 Å². The number of anilines is 2. The van der Waals surface area contributed by atoms with Crippen molar-refractivity contribution in [1.29, 1.82) is 0 Å². The van der Waals surface area contributed by atoms with Crippen molar-refractivity contribution in [2.24, 2.45) is 0 Å². The largest absolute Gasteiger partial charge is 0.494 e.